The van der Waals surface area contributed by atoms with E-state index < -0.39 is 30.1 Å². The second-order valence-electron chi connectivity index (χ2n) is 3.78. The van der Waals surface area contributed by atoms with Gasteiger partial charge in [0.25, 0.3) is 0 Å². The van der Waals surface area contributed by atoms with Gasteiger partial charge in [-0.15, -0.1) is 0 Å². The van der Waals surface area contributed by atoms with Crippen LogP contribution in [0.2, 0.25) is 0 Å². The summed E-state index contributed by atoms with van der Waals surface area (Å²) in [6.07, 6.45) is 3.53. The molecular weight excluding hydrogens is 212 g/mol. The van der Waals surface area contributed by atoms with Gasteiger partial charge in [-0.3, -0.25) is 9.59 Å². The zero-order valence-electron chi connectivity index (χ0n) is 9.13. The molecule has 5 nitrogen and oxygen atoms in total. The first-order chi connectivity index (χ1) is 7.56. The smallest absolute Gasteiger partial charge is 0.315 e. The topological polar surface area (TPSA) is 83.8 Å². The van der Waals surface area contributed by atoms with Crippen LogP contribution in [0.25, 0.3) is 0 Å². The van der Waals surface area contributed by atoms with Gasteiger partial charge in [0, 0.05) is 6.42 Å². The molecule has 1 aliphatic carbocycles. The summed E-state index contributed by atoms with van der Waals surface area (Å²) in [7, 11) is 0. The van der Waals surface area contributed by atoms with Gasteiger partial charge in [0.15, 0.2) is 6.29 Å². The number of carbonyl (C=O) groups is 2. The first-order valence-corrected chi connectivity index (χ1v) is 5.34. The van der Waals surface area contributed by atoms with Crippen molar-refractivity contribution < 1.29 is 24.5 Å². The summed E-state index contributed by atoms with van der Waals surface area (Å²) in [5, 5.41) is 18.1. The quantitative estimate of drug-likeness (QED) is 0.424. The number of carbonyl (C=O) groups excluding carboxylic acids is 1. The summed E-state index contributed by atoms with van der Waals surface area (Å²) < 4.78 is 4.72. The molecule has 0 radical (unpaired) electrons. The Hall–Kier alpha value is -1.36. The zero-order chi connectivity index (χ0) is 12.1. The van der Waals surface area contributed by atoms with Gasteiger partial charge < -0.3 is 14.9 Å². The van der Waals surface area contributed by atoms with Gasteiger partial charge in [0.2, 0.25) is 0 Å². The van der Waals surface area contributed by atoms with Gasteiger partial charge in [-0.05, 0) is 12.8 Å². The predicted octanol–water partition coefficient (Wildman–Crippen LogP) is 0.925. The Morgan fingerprint density at radius 2 is 2.25 bits per heavy atom. The van der Waals surface area contributed by atoms with Crippen molar-refractivity contribution >= 4 is 11.9 Å². The number of allylic oxidation sites excluding steroid dienone is 1. The van der Waals surface area contributed by atoms with Crippen LogP contribution in [-0.2, 0) is 14.3 Å². The Kier molecular flexibility index (Phi) is 4.49. The molecule has 0 aromatic heterocycles. The van der Waals surface area contributed by atoms with Crippen molar-refractivity contribution in [3.05, 3.63) is 12.2 Å². The molecule has 1 aliphatic rings. The van der Waals surface area contributed by atoms with E-state index in [0.717, 1.165) is 0 Å². The molecule has 16 heavy (non-hydrogen) atoms. The third-order valence-electron chi connectivity index (χ3n) is 2.61. The van der Waals surface area contributed by atoms with Crippen LogP contribution < -0.4 is 0 Å². The minimum Gasteiger partial charge on any atom is -0.481 e. The molecule has 1 rings (SSSR count). The van der Waals surface area contributed by atoms with E-state index in [0.29, 0.717) is 19.3 Å². The number of aliphatic hydroxyl groups excluding tert-OH is 1. The van der Waals surface area contributed by atoms with Crippen LogP contribution in [-0.4, -0.2) is 28.4 Å². The number of hydrogen-bond acceptors (Lipinski definition) is 4. The van der Waals surface area contributed by atoms with Crippen molar-refractivity contribution in [2.75, 3.05) is 0 Å². The molecule has 5 heteroatoms. The molecule has 90 valence electrons. The van der Waals surface area contributed by atoms with Gasteiger partial charge in [-0.1, -0.05) is 19.1 Å². The Bertz CT molecular complexity index is 297. The van der Waals surface area contributed by atoms with E-state index in [1.54, 1.807) is 19.1 Å². The molecular formula is C11H16O5. The number of hydrogen-bond donors (Lipinski definition) is 2. The third-order valence-corrected chi connectivity index (χ3v) is 2.61. The van der Waals surface area contributed by atoms with E-state index in [1.807, 2.05) is 0 Å². The standard InChI is InChI=1S/C11H16O5/c1-2-9(12)16-11(15)8-6-4-3-5-7(8)10(13)14/h4,6-9,12H,2-3,5H2,1H3,(H,13,14). The van der Waals surface area contributed by atoms with Crippen LogP contribution in [0.5, 0.6) is 0 Å². The minimum atomic E-state index is -1.16. The lowest BCUT2D eigenvalue weighted by atomic mass is 9.84. The molecule has 3 unspecified atom stereocenters. The normalized spacial score (nSPS) is 26.1. The Balaban J connectivity index is 2.68. The van der Waals surface area contributed by atoms with Gasteiger partial charge in [-0.25, -0.2) is 0 Å². The van der Waals surface area contributed by atoms with Gasteiger partial charge in [0.1, 0.15) is 0 Å². The minimum absolute atomic E-state index is 0.292. The highest BCUT2D eigenvalue weighted by atomic mass is 16.6. The number of carboxylic acid groups (broad SMARTS) is 1. The lowest BCUT2D eigenvalue weighted by Gasteiger charge is -2.23. The molecule has 0 aromatic carbocycles. The maximum absolute atomic E-state index is 11.6. The van der Waals surface area contributed by atoms with Crippen molar-refractivity contribution in [3.8, 4) is 0 Å². The van der Waals surface area contributed by atoms with Crippen LogP contribution in [0, 0.1) is 11.8 Å². The molecule has 0 heterocycles. The number of rotatable bonds is 4. The molecule has 0 amide bonds. The molecule has 0 saturated carbocycles. The van der Waals surface area contributed by atoms with Crippen molar-refractivity contribution in [1.29, 1.82) is 0 Å². The van der Waals surface area contributed by atoms with E-state index in [-0.39, 0.29) is 0 Å². The Morgan fingerprint density at radius 1 is 1.56 bits per heavy atom. The van der Waals surface area contributed by atoms with Crippen molar-refractivity contribution in [1.82, 2.24) is 0 Å². The SMILES string of the molecule is CCC(O)OC(=O)C1C=CCCC1C(=O)O. The van der Waals surface area contributed by atoms with Gasteiger partial charge in [0.05, 0.1) is 11.8 Å². The maximum atomic E-state index is 11.6. The number of aliphatic carboxylic acids is 1. The second kappa shape index (κ2) is 5.65. The molecule has 0 saturated heterocycles. The molecule has 0 aromatic rings. The average molecular weight is 228 g/mol. The Labute approximate surface area is 93.7 Å². The number of aliphatic hydroxyl groups is 1. The molecule has 2 N–H and O–H groups in total. The molecule has 0 bridgehead atoms. The van der Waals surface area contributed by atoms with E-state index >= 15 is 0 Å². The number of ether oxygens (including phenoxy) is 1. The van der Waals surface area contributed by atoms with Gasteiger partial charge in [-0.2, -0.15) is 0 Å². The zero-order valence-corrected chi connectivity index (χ0v) is 9.13. The van der Waals surface area contributed by atoms with E-state index in [9.17, 15) is 9.59 Å². The average Bonchev–Trinajstić information content (AvgIpc) is 2.28. The molecule has 0 spiro atoms. The van der Waals surface area contributed by atoms with Crippen LogP contribution in [0.3, 0.4) is 0 Å². The van der Waals surface area contributed by atoms with Crippen LogP contribution in [0.4, 0.5) is 0 Å². The second-order valence-corrected chi connectivity index (χ2v) is 3.78. The fraction of sp³-hybridized carbons (Fsp3) is 0.636. The first kappa shape index (κ1) is 12.7. The lowest BCUT2D eigenvalue weighted by Crippen LogP contribution is -2.33. The summed E-state index contributed by atoms with van der Waals surface area (Å²) in [4.78, 5) is 22.5. The van der Waals surface area contributed by atoms with Crippen LogP contribution >= 0.6 is 0 Å². The van der Waals surface area contributed by atoms with Crippen molar-refractivity contribution in [2.24, 2.45) is 11.8 Å². The largest absolute Gasteiger partial charge is 0.481 e. The lowest BCUT2D eigenvalue weighted by molar-refractivity contribution is -0.175. The Morgan fingerprint density at radius 3 is 2.81 bits per heavy atom. The van der Waals surface area contributed by atoms with E-state index in [2.05, 4.69) is 0 Å². The van der Waals surface area contributed by atoms with Gasteiger partial charge >= 0.3 is 11.9 Å². The van der Waals surface area contributed by atoms with Crippen molar-refractivity contribution in [2.45, 2.75) is 32.5 Å². The highest BCUT2D eigenvalue weighted by molar-refractivity contribution is 5.83. The van der Waals surface area contributed by atoms with E-state index in [4.69, 9.17) is 14.9 Å². The molecule has 0 aliphatic heterocycles. The first-order valence-electron chi connectivity index (χ1n) is 5.34. The fourth-order valence-electron chi connectivity index (χ4n) is 1.65. The third kappa shape index (κ3) is 3.06. The summed E-state index contributed by atoms with van der Waals surface area (Å²) in [6, 6.07) is 0. The highest BCUT2D eigenvalue weighted by Gasteiger charge is 2.34. The summed E-state index contributed by atoms with van der Waals surface area (Å²) in [6.45, 7) is 1.67. The highest BCUT2D eigenvalue weighted by Crippen LogP contribution is 2.26. The van der Waals surface area contributed by atoms with Crippen molar-refractivity contribution in [3.63, 3.8) is 0 Å². The maximum Gasteiger partial charge on any atom is 0.315 e. The summed E-state index contributed by atoms with van der Waals surface area (Å²) >= 11 is 0. The molecule has 3 atom stereocenters. The van der Waals surface area contributed by atoms with E-state index in [1.165, 1.54) is 0 Å². The monoisotopic (exact) mass is 228 g/mol. The predicted molar refractivity (Wildman–Crippen MR) is 55.4 cm³/mol. The number of carboxylic acids is 1. The van der Waals surface area contributed by atoms with Crippen LogP contribution in [0.15, 0.2) is 12.2 Å². The number of esters is 1. The fourth-order valence-corrected chi connectivity index (χ4v) is 1.65. The summed E-state index contributed by atoms with van der Waals surface area (Å²) in [5.41, 5.74) is 0. The van der Waals surface area contributed by atoms with Crippen LogP contribution in [0.1, 0.15) is 26.2 Å². The summed E-state index contributed by atoms with van der Waals surface area (Å²) in [5.74, 6) is -3.20. The molecule has 0 fully saturated rings.